The van der Waals surface area contributed by atoms with Crippen molar-refractivity contribution in [1.82, 2.24) is 4.90 Å². The second kappa shape index (κ2) is 7.96. The van der Waals surface area contributed by atoms with Crippen molar-refractivity contribution in [2.45, 2.75) is 45.4 Å². The fourth-order valence-electron chi connectivity index (χ4n) is 3.00. The molecular weight excluding hydrogens is 262 g/mol. The highest BCUT2D eigenvalue weighted by molar-refractivity contribution is 5.87. The van der Waals surface area contributed by atoms with Crippen LogP contribution in [0.3, 0.4) is 0 Å². The highest BCUT2D eigenvalue weighted by atomic mass is 16.2. The van der Waals surface area contributed by atoms with Crippen LogP contribution in [0.1, 0.15) is 44.6 Å². The van der Waals surface area contributed by atoms with Gasteiger partial charge < -0.3 is 4.90 Å². The maximum absolute atomic E-state index is 12.7. The lowest BCUT2D eigenvalue weighted by Gasteiger charge is -2.23. The molecule has 114 valence electrons. The first-order valence-corrected chi connectivity index (χ1v) is 8.05. The molecule has 0 radical (unpaired) electrons. The summed E-state index contributed by atoms with van der Waals surface area (Å²) in [6.45, 7) is 3.71. The molecule has 0 saturated carbocycles. The number of amides is 1. The molecule has 1 unspecified atom stereocenters. The van der Waals surface area contributed by atoms with Gasteiger partial charge in [-0.2, -0.15) is 0 Å². The van der Waals surface area contributed by atoms with Crippen molar-refractivity contribution in [2.75, 3.05) is 13.1 Å². The number of nitrogens with zero attached hydrogens (tertiary/aromatic N) is 1. The lowest BCUT2D eigenvalue weighted by Crippen LogP contribution is -2.36. The van der Waals surface area contributed by atoms with E-state index in [1.807, 2.05) is 42.2 Å². The number of likely N-dealkylation sites (tertiary alicyclic amines) is 1. The standard InChI is InChI=1S/C18H25NO2/c1-2-8-17(20)14-16(13-15-9-4-3-5-10-15)18(21)19-11-6-7-12-19/h3-5,9-10,16H,2,6-8,11-14H2,1H3. The lowest BCUT2D eigenvalue weighted by atomic mass is 9.92. The molecule has 1 atom stereocenters. The SMILES string of the molecule is CCCC(=O)CC(Cc1ccccc1)C(=O)N1CCCC1. The smallest absolute Gasteiger partial charge is 0.226 e. The zero-order valence-corrected chi connectivity index (χ0v) is 12.9. The molecule has 0 aromatic heterocycles. The second-order valence-corrected chi connectivity index (χ2v) is 5.91. The first kappa shape index (κ1) is 15.7. The van der Waals surface area contributed by atoms with Crippen molar-refractivity contribution in [3.63, 3.8) is 0 Å². The van der Waals surface area contributed by atoms with Crippen LogP contribution in [0.2, 0.25) is 0 Å². The number of ketones is 1. The number of carbonyl (C=O) groups is 2. The van der Waals surface area contributed by atoms with E-state index < -0.39 is 0 Å². The molecule has 1 aliphatic heterocycles. The summed E-state index contributed by atoms with van der Waals surface area (Å²) in [5.41, 5.74) is 1.14. The van der Waals surface area contributed by atoms with Crippen LogP contribution in [-0.4, -0.2) is 29.7 Å². The number of rotatable bonds is 7. The van der Waals surface area contributed by atoms with Gasteiger partial charge in [-0.3, -0.25) is 9.59 Å². The van der Waals surface area contributed by atoms with Gasteiger partial charge in [0.25, 0.3) is 0 Å². The predicted molar refractivity (Wildman–Crippen MR) is 84.0 cm³/mol. The second-order valence-electron chi connectivity index (χ2n) is 5.91. The molecule has 1 amide bonds. The van der Waals surface area contributed by atoms with Crippen molar-refractivity contribution in [3.8, 4) is 0 Å². The Kier molecular flexibility index (Phi) is 5.97. The maximum atomic E-state index is 12.7. The van der Waals surface area contributed by atoms with Gasteiger partial charge >= 0.3 is 0 Å². The quantitative estimate of drug-likeness (QED) is 0.772. The van der Waals surface area contributed by atoms with Crippen LogP contribution in [0, 0.1) is 5.92 Å². The molecule has 21 heavy (non-hydrogen) atoms. The van der Waals surface area contributed by atoms with Crippen LogP contribution in [-0.2, 0) is 16.0 Å². The first-order chi connectivity index (χ1) is 10.2. The topological polar surface area (TPSA) is 37.4 Å². The van der Waals surface area contributed by atoms with Gasteiger partial charge in [0.15, 0.2) is 0 Å². The van der Waals surface area contributed by atoms with E-state index in [9.17, 15) is 9.59 Å². The fourth-order valence-corrected chi connectivity index (χ4v) is 3.00. The Morgan fingerprint density at radius 1 is 1.14 bits per heavy atom. The van der Waals surface area contributed by atoms with Gasteiger partial charge in [-0.05, 0) is 31.2 Å². The minimum absolute atomic E-state index is 0.167. The average Bonchev–Trinajstić information content (AvgIpc) is 3.01. The molecule has 0 N–H and O–H groups in total. The van der Waals surface area contributed by atoms with Crippen molar-refractivity contribution in [3.05, 3.63) is 35.9 Å². The minimum Gasteiger partial charge on any atom is -0.342 e. The summed E-state index contributed by atoms with van der Waals surface area (Å²) in [5.74, 6) is 0.191. The molecule has 2 rings (SSSR count). The van der Waals surface area contributed by atoms with Crippen molar-refractivity contribution < 1.29 is 9.59 Å². The summed E-state index contributed by atoms with van der Waals surface area (Å²) in [6.07, 6.45) is 4.68. The van der Waals surface area contributed by atoms with Crippen LogP contribution < -0.4 is 0 Å². The Morgan fingerprint density at radius 3 is 2.43 bits per heavy atom. The van der Waals surface area contributed by atoms with Crippen LogP contribution >= 0.6 is 0 Å². The third-order valence-corrected chi connectivity index (χ3v) is 4.09. The van der Waals surface area contributed by atoms with Crippen molar-refractivity contribution in [2.24, 2.45) is 5.92 Å². The molecular formula is C18H25NO2. The molecule has 1 saturated heterocycles. The summed E-state index contributed by atoms with van der Waals surface area (Å²) in [4.78, 5) is 26.6. The monoisotopic (exact) mass is 287 g/mol. The molecule has 1 fully saturated rings. The van der Waals surface area contributed by atoms with Crippen LogP contribution in [0.5, 0.6) is 0 Å². The normalized spacial score (nSPS) is 16.0. The van der Waals surface area contributed by atoms with E-state index in [0.29, 0.717) is 19.3 Å². The Bertz CT molecular complexity index is 463. The molecule has 1 aromatic rings. The van der Waals surface area contributed by atoms with E-state index in [-0.39, 0.29) is 17.6 Å². The third-order valence-electron chi connectivity index (χ3n) is 4.09. The maximum Gasteiger partial charge on any atom is 0.226 e. The van der Waals surface area contributed by atoms with Gasteiger partial charge in [0, 0.05) is 31.8 Å². The molecule has 1 aromatic carbocycles. The predicted octanol–water partition coefficient (Wildman–Crippen LogP) is 3.23. The lowest BCUT2D eigenvalue weighted by molar-refractivity contribution is -0.137. The van der Waals surface area contributed by atoms with Gasteiger partial charge in [0.1, 0.15) is 5.78 Å². The van der Waals surface area contributed by atoms with E-state index >= 15 is 0 Å². The molecule has 1 aliphatic rings. The summed E-state index contributed by atoms with van der Waals surface area (Å²) >= 11 is 0. The number of hydrogen-bond acceptors (Lipinski definition) is 2. The van der Waals surface area contributed by atoms with Crippen LogP contribution in [0.25, 0.3) is 0 Å². The molecule has 0 aliphatic carbocycles. The van der Waals surface area contributed by atoms with Gasteiger partial charge in [0.2, 0.25) is 5.91 Å². The Balaban J connectivity index is 2.05. The van der Waals surface area contributed by atoms with Gasteiger partial charge in [-0.1, -0.05) is 37.3 Å². The number of benzene rings is 1. The Morgan fingerprint density at radius 2 is 1.81 bits per heavy atom. The number of carbonyl (C=O) groups excluding carboxylic acids is 2. The number of hydrogen-bond donors (Lipinski definition) is 0. The van der Waals surface area contributed by atoms with Gasteiger partial charge in [-0.15, -0.1) is 0 Å². The molecule has 1 heterocycles. The molecule has 0 bridgehead atoms. The molecule has 0 spiro atoms. The van der Waals surface area contributed by atoms with E-state index in [0.717, 1.165) is 37.9 Å². The van der Waals surface area contributed by atoms with Gasteiger partial charge in [-0.25, -0.2) is 0 Å². The largest absolute Gasteiger partial charge is 0.342 e. The highest BCUT2D eigenvalue weighted by Gasteiger charge is 2.28. The molecule has 3 heteroatoms. The van der Waals surface area contributed by atoms with Crippen molar-refractivity contribution >= 4 is 11.7 Å². The third kappa shape index (κ3) is 4.69. The average molecular weight is 287 g/mol. The van der Waals surface area contributed by atoms with E-state index in [2.05, 4.69) is 0 Å². The first-order valence-electron chi connectivity index (χ1n) is 8.05. The summed E-state index contributed by atoms with van der Waals surface area (Å²) < 4.78 is 0. The zero-order chi connectivity index (χ0) is 15.1. The number of Topliss-reactive ketones (excluding diaryl/α,β-unsaturated/α-hetero) is 1. The highest BCUT2D eigenvalue weighted by Crippen LogP contribution is 2.20. The van der Waals surface area contributed by atoms with Crippen LogP contribution in [0.15, 0.2) is 30.3 Å². The zero-order valence-electron chi connectivity index (χ0n) is 12.9. The minimum atomic E-state index is -0.190. The van der Waals surface area contributed by atoms with Crippen molar-refractivity contribution in [1.29, 1.82) is 0 Å². The Hall–Kier alpha value is -1.64. The van der Waals surface area contributed by atoms with E-state index in [1.165, 1.54) is 0 Å². The summed E-state index contributed by atoms with van der Waals surface area (Å²) in [6, 6.07) is 10.0. The molecule has 3 nitrogen and oxygen atoms in total. The van der Waals surface area contributed by atoms with E-state index in [4.69, 9.17) is 0 Å². The van der Waals surface area contributed by atoms with Gasteiger partial charge in [0.05, 0.1) is 0 Å². The summed E-state index contributed by atoms with van der Waals surface area (Å²) in [5, 5.41) is 0. The Labute approximate surface area is 127 Å². The fraction of sp³-hybridized carbons (Fsp3) is 0.556. The van der Waals surface area contributed by atoms with E-state index in [1.54, 1.807) is 0 Å². The van der Waals surface area contributed by atoms with Crippen LogP contribution in [0.4, 0.5) is 0 Å². The summed E-state index contributed by atoms with van der Waals surface area (Å²) in [7, 11) is 0.